The highest BCUT2D eigenvalue weighted by molar-refractivity contribution is 7.90. The molecule has 0 atom stereocenters. The molecule has 1 aromatic heterocycles. The number of fused-ring (bicyclic) bond motifs is 1. The second kappa shape index (κ2) is 9.87. The highest BCUT2D eigenvalue weighted by Crippen LogP contribution is 2.35. The highest BCUT2D eigenvalue weighted by atomic mass is 32.2. The molecule has 0 fully saturated rings. The van der Waals surface area contributed by atoms with Crippen LogP contribution in [0.25, 0.3) is 21.8 Å². The van der Waals surface area contributed by atoms with Crippen molar-refractivity contribution < 1.29 is 22.7 Å². The first kappa shape index (κ1) is 23.8. The molecular formula is C27H22N2O5S. The number of rotatable bonds is 7. The molecule has 176 valence electrons. The Bertz CT molecular complexity index is 1580. The molecule has 0 radical (unpaired) electrons. The summed E-state index contributed by atoms with van der Waals surface area (Å²) in [6.45, 7) is 11.0. The summed E-state index contributed by atoms with van der Waals surface area (Å²) < 4.78 is 38.9. The van der Waals surface area contributed by atoms with Gasteiger partial charge in [-0.05, 0) is 62.4 Å². The van der Waals surface area contributed by atoms with Crippen molar-refractivity contribution in [2.45, 2.75) is 18.7 Å². The summed E-state index contributed by atoms with van der Waals surface area (Å²) >= 11 is 0. The van der Waals surface area contributed by atoms with Gasteiger partial charge in [0.05, 0.1) is 23.6 Å². The lowest BCUT2D eigenvalue weighted by Gasteiger charge is -2.12. The van der Waals surface area contributed by atoms with E-state index in [2.05, 4.69) is 4.85 Å². The quantitative estimate of drug-likeness (QED) is 0.179. The van der Waals surface area contributed by atoms with Crippen LogP contribution < -0.4 is 4.74 Å². The zero-order valence-electron chi connectivity index (χ0n) is 19.1. The van der Waals surface area contributed by atoms with Crippen LogP contribution in [-0.4, -0.2) is 25.0 Å². The minimum Gasteiger partial charge on any atom is -0.463 e. The van der Waals surface area contributed by atoms with Crippen LogP contribution in [0.2, 0.25) is 0 Å². The summed E-state index contributed by atoms with van der Waals surface area (Å²) in [7, 11) is -3.85. The first-order valence-corrected chi connectivity index (χ1v) is 12.2. The molecule has 0 saturated heterocycles. The van der Waals surface area contributed by atoms with Gasteiger partial charge in [0.25, 0.3) is 10.0 Å². The minimum atomic E-state index is -3.85. The number of aryl methyl sites for hydroxylation is 1. The maximum atomic E-state index is 13.3. The summed E-state index contributed by atoms with van der Waals surface area (Å²) in [4.78, 5) is 15.6. The Balaban J connectivity index is 1.85. The van der Waals surface area contributed by atoms with Crippen LogP contribution in [0.4, 0.5) is 5.69 Å². The van der Waals surface area contributed by atoms with Crippen LogP contribution in [0, 0.1) is 13.5 Å². The molecule has 0 amide bonds. The van der Waals surface area contributed by atoms with E-state index in [0.717, 1.165) is 5.56 Å². The SMILES string of the molecule is [C-]#[N+]c1cccc(Oc2ccc3c(ccn3S(=O)(=O)c3ccc(C)cc3)c2/C=C/C(=O)OCC)c1. The summed E-state index contributed by atoms with van der Waals surface area (Å²) in [5.41, 5.74) is 2.30. The molecule has 0 aliphatic heterocycles. The molecule has 7 nitrogen and oxygen atoms in total. The van der Waals surface area contributed by atoms with Gasteiger partial charge < -0.3 is 9.47 Å². The molecule has 0 aliphatic carbocycles. The van der Waals surface area contributed by atoms with E-state index in [-0.39, 0.29) is 11.5 Å². The first-order chi connectivity index (χ1) is 16.8. The third kappa shape index (κ3) is 4.95. The van der Waals surface area contributed by atoms with E-state index in [1.165, 1.54) is 22.3 Å². The van der Waals surface area contributed by atoms with Crippen LogP contribution in [0.15, 0.2) is 83.9 Å². The normalized spacial score (nSPS) is 11.5. The fraction of sp³-hybridized carbons (Fsp3) is 0.111. The van der Waals surface area contributed by atoms with Crippen molar-refractivity contribution in [1.29, 1.82) is 0 Å². The van der Waals surface area contributed by atoms with E-state index in [0.29, 0.717) is 33.7 Å². The van der Waals surface area contributed by atoms with Gasteiger partial charge in [0.15, 0.2) is 5.69 Å². The summed E-state index contributed by atoms with van der Waals surface area (Å²) in [5.74, 6) is 0.304. The minimum absolute atomic E-state index is 0.167. The fourth-order valence-electron chi connectivity index (χ4n) is 3.57. The number of hydrogen-bond donors (Lipinski definition) is 0. The molecule has 0 saturated carbocycles. The molecule has 4 rings (SSSR count). The molecule has 3 aromatic carbocycles. The maximum absolute atomic E-state index is 13.3. The van der Waals surface area contributed by atoms with Gasteiger partial charge in [0, 0.05) is 23.2 Å². The second-order valence-corrected chi connectivity index (χ2v) is 9.45. The number of ether oxygens (including phenoxy) is 2. The van der Waals surface area contributed by atoms with E-state index >= 15 is 0 Å². The third-order valence-corrected chi connectivity index (χ3v) is 6.97. The molecule has 0 unspecified atom stereocenters. The molecule has 8 heteroatoms. The zero-order chi connectivity index (χ0) is 25.0. The molecule has 0 bridgehead atoms. The van der Waals surface area contributed by atoms with E-state index < -0.39 is 16.0 Å². The predicted octanol–water partition coefficient (Wildman–Crippen LogP) is 6.11. The number of benzene rings is 3. The largest absolute Gasteiger partial charge is 0.463 e. The Morgan fingerprint density at radius 1 is 1.09 bits per heavy atom. The molecule has 1 heterocycles. The second-order valence-electron chi connectivity index (χ2n) is 7.64. The van der Waals surface area contributed by atoms with Gasteiger partial charge in [0.2, 0.25) is 0 Å². The van der Waals surface area contributed by atoms with Crippen LogP contribution in [-0.2, 0) is 19.6 Å². The number of nitrogens with zero attached hydrogens (tertiary/aromatic N) is 2. The highest BCUT2D eigenvalue weighted by Gasteiger charge is 2.21. The Morgan fingerprint density at radius 3 is 2.57 bits per heavy atom. The topological polar surface area (TPSA) is 79.0 Å². The van der Waals surface area contributed by atoms with E-state index in [9.17, 15) is 13.2 Å². The monoisotopic (exact) mass is 486 g/mol. The molecule has 35 heavy (non-hydrogen) atoms. The van der Waals surface area contributed by atoms with Gasteiger partial charge in [-0.2, -0.15) is 0 Å². The van der Waals surface area contributed by atoms with Crippen molar-refractivity contribution >= 4 is 38.7 Å². The predicted molar refractivity (Wildman–Crippen MR) is 134 cm³/mol. The lowest BCUT2D eigenvalue weighted by molar-refractivity contribution is -0.137. The average molecular weight is 487 g/mol. The van der Waals surface area contributed by atoms with Crippen molar-refractivity contribution in [2.75, 3.05) is 6.61 Å². The summed E-state index contributed by atoms with van der Waals surface area (Å²) in [6, 6.07) is 18.3. The van der Waals surface area contributed by atoms with Crippen molar-refractivity contribution in [3.8, 4) is 11.5 Å². The van der Waals surface area contributed by atoms with Crippen molar-refractivity contribution in [3.63, 3.8) is 0 Å². The van der Waals surface area contributed by atoms with Crippen molar-refractivity contribution in [3.05, 3.63) is 102 Å². The number of carbonyl (C=O) groups is 1. The number of hydrogen-bond acceptors (Lipinski definition) is 5. The lowest BCUT2D eigenvalue weighted by atomic mass is 10.1. The molecule has 0 aliphatic rings. The molecule has 4 aromatic rings. The van der Waals surface area contributed by atoms with Crippen LogP contribution in [0.5, 0.6) is 11.5 Å². The molecule has 0 N–H and O–H groups in total. The Morgan fingerprint density at radius 2 is 1.86 bits per heavy atom. The number of carbonyl (C=O) groups excluding carboxylic acids is 1. The zero-order valence-corrected chi connectivity index (χ0v) is 20.0. The average Bonchev–Trinajstić information content (AvgIpc) is 3.29. The molecule has 0 spiro atoms. The van der Waals surface area contributed by atoms with Crippen LogP contribution in [0.3, 0.4) is 0 Å². The van der Waals surface area contributed by atoms with Gasteiger partial charge in [-0.25, -0.2) is 22.0 Å². The number of esters is 1. The van der Waals surface area contributed by atoms with E-state index in [1.807, 2.05) is 6.92 Å². The molecular weight excluding hydrogens is 464 g/mol. The summed E-state index contributed by atoms with van der Waals surface area (Å²) in [6.07, 6.45) is 4.29. The van der Waals surface area contributed by atoms with Gasteiger partial charge in [-0.3, -0.25) is 0 Å². The van der Waals surface area contributed by atoms with Gasteiger partial charge in [0.1, 0.15) is 11.5 Å². The Labute approximate surface area is 203 Å². The van der Waals surface area contributed by atoms with Crippen LogP contribution in [0.1, 0.15) is 18.1 Å². The van der Waals surface area contributed by atoms with Crippen molar-refractivity contribution in [1.82, 2.24) is 3.97 Å². The van der Waals surface area contributed by atoms with Crippen molar-refractivity contribution in [2.24, 2.45) is 0 Å². The van der Waals surface area contributed by atoms with E-state index in [1.54, 1.807) is 73.7 Å². The Kier molecular flexibility index (Phi) is 6.71. The fourth-order valence-corrected chi connectivity index (χ4v) is 4.92. The Hall–Kier alpha value is -4.35. The van der Waals surface area contributed by atoms with E-state index in [4.69, 9.17) is 16.0 Å². The summed E-state index contributed by atoms with van der Waals surface area (Å²) in [5, 5.41) is 0.570. The third-order valence-electron chi connectivity index (χ3n) is 5.26. The maximum Gasteiger partial charge on any atom is 0.330 e. The van der Waals surface area contributed by atoms with Gasteiger partial charge in [-0.15, -0.1) is 0 Å². The standard InChI is InChI=1S/C27H22N2O5S/c1-4-33-27(30)15-12-24-23-16-17-29(35(31,32)22-10-8-19(2)9-11-22)25(23)13-14-26(24)34-21-7-5-6-20(18-21)28-3/h5-18H,4H2,1-2H3/b15-12+. The van der Waals surface area contributed by atoms with Gasteiger partial charge in [-0.1, -0.05) is 29.8 Å². The van der Waals surface area contributed by atoms with Gasteiger partial charge >= 0.3 is 5.97 Å². The smallest absolute Gasteiger partial charge is 0.330 e. The lowest BCUT2D eigenvalue weighted by Crippen LogP contribution is -2.11. The first-order valence-electron chi connectivity index (χ1n) is 10.8. The van der Waals surface area contributed by atoms with Crippen LogP contribution >= 0.6 is 0 Å². The number of aromatic nitrogens is 1.